The van der Waals surface area contributed by atoms with Crippen LogP contribution in [0.1, 0.15) is 12.3 Å². The van der Waals surface area contributed by atoms with Gasteiger partial charge in [0.15, 0.2) is 0 Å². The van der Waals surface area contributed by atoms with E-state index >= 15 is 0 Å². The maximum atomic E-state index is 11.9. The number of aryl methyl sites for hydroxylation is 1. The van der Waals surface area contributed by atoms with Gasteiger partial charge in [-0.25, -0.2) is 0 Å². The third kappa shape index (κ3) is 4.11. The second-order valence-electron chi connectivity index (χ2n) is 5.11. The van der Waals surface area contributed by atoms with Gasteiger partial charge in [-0.1, -0.05) is 16.8 Å². The summed E-state index contributed by atoms with van der Waals surface area (Å²) >= 11 is 5.84. The molecule has 0 saturated heterocycles. The molecule has 3 aromatic rings. The molecule has 24 heavy (non-hydrogen) atoms. The minimum absolute atomic E-state index is 0.147. The molecule has 3 rings (SSSR count). The third-order valence-electron chi connectivity index (χ3n) is 3.29. The molecular weight excluding hydrogens is 330 g/mol. The van der Waals surface area contributed by atoms with E-state index in [-0.39, 0.29) is 18.1 Å². The lowest BCUT2D eigenvalue weighted by Gasteiger charge is -2.03. The Morgan fingerprint density at radius 1 is 1.12 bits per heavy atom. The molecule has 2 N–H and O–H groups in total. The summed E-state index contributed by atoms with van der Waals surface area (Å²) in [6.45, 7) is 0. The van der Waals surface area contributed by atoms with Crippen molar-refractivity contribution in [1.82, 2.24) is 10.1 Å². The first-order chi connectivity index (χ1) is 11.6. The SMILES string of the molecule is O=C(CCc1nc(-c2ccc(Cl)cc2)no1)Nc1ccc(O)cc1. The van der Waals surface area contributed by atoms with Crippen molar-refractivity contribution in [2.45, 2.75) is 12.8 Å². The second-order valence-corrected chi connectivity index (χ2v) is 5.55. The molecule has 0 spiro atoms. The zero-order valence-corrected chi connectivity index (χ0v) is 13.3. The molecule has 0 radical (unpaired) electrons. The molecule has 0 unspecified atom stereocenters. The van der Waals surface area contributed by atoms with Gasteiger partial charge in [-0.2, -0.15) is 4.98 Å². The number of phenols is 1. The predicted octanol–water partition coefficient (Wildman–Crippen LogP) is 3.67. The number of benzene rings is 2. The summed E-state index contributed by atoms with van der Waals surface area (Å²) in [6.07, 6.45) is 0.549. The number of carbonyl (C=O) groups excluding carboxylic acids is 1. The maximum absolute atomic E-state index is 11.9. The Kier molecular flexibility index (Phi) is 4.77. The highest BCUT2D eigenvalue weighted by molar-refractivity contribution is 6.30. The predicted molar refractivity (Wildman–Crippen MR) is 89.8 cm³/mol. The first kappa shape index (κ1) is 16.0. The van der Waals surface area contributed by atoms with Gasteiger partial charge in [-0.15, -0.1) is 0 Å². The molecule has 1 heterocycles. The number of nitrogens with one attached hydrogen (secondary N) is 1. The normalized spacial score (nSPS) is 10.5. The number of nitrogens with zero attached hydrogens (tertiary/aromatic N) is 2. The van der Waals surface area contributed by atoms with E-state index in [0.29, 0.717) is 28.8 Å². The lowest BCUT2D eigenvalue weighted by molar-refractivity contribution is -0.116. The van der Waals surface area contributed by atoms with Gasteiger partial charge < -0.3 is 14.9 Å². The Hall–Kier alpha value is -2.86. The van der Waals surface area contributed by atoms with E-state index in [9.17, 15) is 9.90 Å². The molecular formula is C17H14ClN3O3. The summed E-state index contributed by atoms with van der Waals surface area (Å²) in [7, 11) is 0. The zero-order chi connectivity index (χ0) is 16.9. The minimum Gasteiger partial charge on any atom is -0.508 e. The van der Waals surface area contributed by atoms with Gasteiger partial charge in [0.1, 0.15) is 5.75 Å². The summed E-state index contributed by atoms with van der Waals surface area (Å²) in [5.74, 6) is 0.821. The number of anilines is 1. The number of carbonyl (C=O) groups is 1. The molecule has 7 heteroatoms. The Balaban J connectivity index is 1.56. The number of aromatic hydroxyl groups is 1. The van der Waals surface area contributed by atoms with Crippen molar-refractivity contribution in [2.24, 2.45) is 0 Å². The molecule has 1 amide bonds. The fourth-order valence-electron chi connectivity index (χ4n) is 2.06. The topological polar surface area (TPSA) is 88.2 Å². The van der Waals surface area contributed by atoms with Gasteiger partial charge >= 0.3 is 0 Å². The zero-order valence-electron chi connectivity index (χ0n) is 12.6. The molecule has 0 aliphatic heterocycles. The number of halogens is 1. The minimum atomic E-state index is -0.174. The van der Waals surface area contributed by atoms with Crippen LogP contribution < -0.4 is 5.32 Å². The first-order valence-electron chi connectivity index (χ1n) is 7.27. The van der Waals surface area contributed by atoms with E-state index in [4.69, 9.17) is 16.1 Å². The van der Waals surface area contributed by atoms with Gasteiger partial charge in [-0.05, 0) is 48.5 Å². The average Bonchev–Trinajstić information content (AvgIpc) is 3.05. The van der Waals surface area contributed by atoms with Gasteiger partial charge in [0, 0.05) is 29.1 Å². The number of hydrogen-bond acceptors (Lipinski definition) is 5. The molecule has 0 atom stereocenters. The average molecular weight is 344 g/mol. The van der Waals surface area contributed by atoms with Crippen LogP contribution in [0.25, 0.3) is 11.4 Å². The van der Waals surface area contributed by atoms with Crippen LogP contribution in [0, 0.1) is 0 Å². The summed E-state index contributed by atoms with van der Waals surface area (Å²) < 4.78 is 5.16. The van der Waals surface area contributed by atoms with E-state index < -0.39 is 0 Å². The molecule has 0 aliphatic rings. The van der Waals surface area contributed by atoms with Crippen molar-refractivity contribution in [3.05, 3.63) is 59.4 Å². The van der Waals surface area contributed by atoms with E-state index in [0.717, 1.165) is 5.56 Å². The molecule has 0 aliphatic carbocycles. The lowest BCUT2D eigenvalue weighted by Crippen LogP contribution is -2.12. The molecule has 0 bridgehead atoms. The van der Waals surface area contributed by atoms with Crippen molar-refractivity contribution in [3.63, 3.8) is 0 Å². The van der Waals surface area contributed by atoms with Crippen LogP contribution in [0.2, 0.25) is 5.02 Å². The molecule has 6 nitrogen and oxygen atoms in total. The van der Waals surface area contributed by atoms with Gasteiger partial charge in [-0.3, -0.25) is 4.79 Å². The fraction of sp³-hybridized carbons (Fsp3) is 0.118. The van der Waals surface area contributed by atoms with Crippen molar-refractivity contribution >= 4 is 23.2 Å². The van der Waals surface area contributed by atoms with Crippen LogP contribution in [-0.2, 0) is 11.2 Å². The van der Waals surface area contributed by atoms with E-state index in [2.05, 4.69) is 15.5 Å². The standard InChI is InChI=1S/C17H14ClN3O3/c18-12-3-1-11(2-4-12)17-20-16(24-21-17)10-9-15(23)19-13-5-7-14(22)8-6-13/h1-8,22H,9-10H2,(H,19,23). The monoisotopic (exact) mass is 343 g/mol. The Labute approximate surface area is 143 Å². The molecule has 0 fully saturated rings. The quantitative estimate of drug-likeness (QED) is 0.690. The van der Waals surface area contributed by atoms with Crippen molar-refractivity contribution in [2.75, 3.05) is 5.32 Å². The third-order valence-corrected chi connectivity index (χ3v) is 3.54. The second kappa shape index (κ2) is 7.14. The Morgan fingerprint density at radius 2 is 1.83 bits per heavy atom. The largest absolute Gasteiger partial charge is 0.508 e. The Morgan fingerprint density at radius 3 is 2.54 bits per heavy atom. The fourth-order valence-corrected chi connectivity index (χ4v) is 2.19. The van der Waals surface area contributed by atoms with Crippen LogP contribution in [0.3, 0.4) is 0 Å². The lowest BCUT2D eigenvalue weighted by atomic mass is 10.2. The maximum Gasteiger partial charge on any atom is 0.227 e. The molecule has 2 aromatic carbocycles. The van der Waals surface area contributed by atoms with Crippen LogP contribution in [0.4, 0.5) is 5.69 Å². The molecule has 0 saturated carbocycles. The smallest absolute Gasteiger partial charge is 0.227 e. The van der Waals surface area contributed by atoms with E-state index in [1.807, 2.05) is 0 Å². The summed E-state index contributed by atoms with van der Waals surface area (Å²) in [6, 6.07) is 13.4. The van der Waals surface area contributed by atoms with Crippen LogP contribution in [-0.4, -0.2) is 21.2 Å². The van der Waals surface area contributed by atoms with Crippen LogP contribution in [0.15, 0.2) is 53.1 Å². The highest BCUT2D eigenvalue weighted by Crippen LogP contribution is 2.19. The van der Waals surface area contributed by atoms with Crippen molar-refractivity contribution in [3.8, 4) is 17.1 Å². The number of aromatic nitrogens is 2. The van der Waals surface area contributed by atoms with Gasteiger partial charge in [0.05, 0.1) is 0 Å². The van der Waals surface area contributed by atoms with Gasteiger partial charge in [0.2, 0.25) is 17.6 Å². The summed E-state index contributed by atoms with van der Waals surface area (Å²) in [5.41, 5.74) is 1.41. The summed E-state index contributed by atoms with van der Waals surface area (Å²) in [5, 5.41) is 16.5. The highest BCUT2D eigenvalue weighted by atomic mass is 35.5. The van der Waals surface area contributed by atoms with Crippen molar-refractivity contribution in [1.29, 1.82) is 0 Å². The van der Waals surface area contributed by atoms with E-state index in [1.165, 1.54) is 12.1 Å². The number of phenolic OH excluding ortho intramolecular Hbond substituents is 1. The number of hydrogen-bond donors (Lipinski definition) is 2. The summed E-state index contributed by atoms with van der Waals surface area (Å²) in [4.78, 5) is 16.2. The van der Waals surface area contributed by atoms with Gasteiger partial charge in [0.25, 0.3) is 0 Å². The number of amides is 1. The first-order valence-corrected chi connectivity index (χ1v) is 7.65. The van der Waals surface area contributed by atoms with Crippen LogP contribution in [0.5, 0.6) is 5.75 Å². The Bertz CT molecular complexity index is 829. The molecule has 122 valence electrons. The number of rotatable bonds is 5. The van der Waals surface area contributed by atoms with Crippen LogP contribution >= 0.6 is 11.6 Å². The van der Waals surface area contributed by atoms with Crippen molar-refractivity contribution < 1.29 is 14.4 Å². The van der Waals surface area contributed by atoms with E-state index in [1.54, 1.807) is 36.4 Å². The molecule has 1 aromatic heterocycles. The highest BCUT2D eigenvalue weighted by Gasteiger charge is 2.11.